The van der Waals surface area contributed by atoms with Crippen LogP contribution in [0.2, 0.25) is 0 Å². The van der Waals surface area contributed by atoms with Crippen molar-refractivity contribution in [3.8, 4) is 0 Å². The number of para-hydroxylation sites is 4. The maximum Gasteiger partial charge on any atom is 0.0462 e. The summed E-state index contributed by atoms with van der Waals surface area (Å²) >= 11 is 0. The summed E-state index contributed by atoms with van der Waals surface area (Å²) in [7, 11) is 0. The lowest BCUT2D eigenvalue weighted by molar-refractivity contribution is 0.543. The Morgan fingerprint density at radius 2 is 1.02 bits per heavy atom. The molecule has 2 nitrogen and oxygen atoms in total. The van der Waals surface area contributed by atoms with Gasteiger partial charge in [0.05, 0.1) is 0 Å². The third-order valence-electron chi connectivity index (χ3n) is 11.2. The molecule has 55 heavy (non-hydrogen) atoms. The molecule has 1 aliphatic rings. The molecule has 0 N–H and O–H groups in total. The number of nitrogens with zero attached hydrogens (tertiary/aromatic N) is 2. The molecule has 0 atom stereocenters. The highest BCUT2D eigenvalue weighted by Gasteiger charge is 2.37. The number of allylic oxidation sites excluding steroid dienone is 5. The highest BCUT2D eigenvalue weighted by molar-refractivity contribution is 5.89. The van der Waals surface area contributed by atoms with Gasteiger partial charge in [0.1, 0.15) is 0 Å². The van der Waals surface area contributed by atoms with Crippen LogP contribution in [0.25, 0.3) is 17.7 Å². The van der Waals surface area contributed by atoms with Gasteiger partial charge in [-0.25, -0.2) is 0 Å². The highest BCUT2D eigenvalue weighted by atomic mass is 15.2. The standard InChI is InChI=1S/C53H50N2/c1-8-39(2)52(4,5)51(55(45-25-17-11-18-26-45)46-27-19-12-20-28-46)38-49-40(3)53(6,7)50-37-42(33-36-48(49)50)30-29-41-31-34-47(35-32-41)54(43-21-13-9-14-22-43)44-23-15-10-16-24-44/h8-38H,1-2H2,3-7H3/b30-29+,51-38?. The van der Waals surface area contributed by atoms with Crippen molar-refractivity contribution in [1.29, 1.82) is 0 Å². The number of benzene rings is 6. The van der Waals surface area contributed by atoms with Crippen LogP contribution in [-0.2, 0) is 5.41 Å². The molecule has 0 unspecified atom stereocenters. The molecule has 0 heterocycles. The maximum atomic E-state index is 4.49. The van der Waals surface area contributed by atoms with Crippen LogP contribution in [0.1, 0.15) is 56.9 Å². The van der Waals surface area contributed by atoms with Crippen LogP contribution >= 0.6 is 0 Å². The molecule has 0 saturated carbocycles. The van der Waals surface area contributed by atoms with E-state index in [0.717, 1.165) is 45.3 Å². The average Bonchev–Trinajstić information content (AvgIpc) is 3.41. The fourth-order valence-electron chi connectivity index (χ4n) is 7.53. The number of anilines is 5. The number of fused-ring (bicyclic) bond motifs is 1. The van der Waals surface area contributed by atoms with Gasteiger partial charge < -0.3 is 9.80 Å². The molecule has 0 saturated heterocycles. The van der Waals surface area contributed by atoms with Crippen molar-refractivity contribution in [2.75, 3.05) is 9.80 Å². The quantitative estimate of drug-likeness (QED) is 0.0920. The minimum atomic E-state index is -0.426. The first-order valence-electron chi connectivity index (χ1n) is 19.1. The molecule has 0 radical (unpaired) electrons. The van der Waals surface area contributed by atoms with Gasteiger partial charge in [0, 0.05) is 45.0 Å². The van der Waals surface area contributed by atoms with E-state index in [4.69, 9.17) is 0 Å². The van der Waals surface area contributed by atoms with E-state index in [9.17, 15) is 0 Å². The molecule has 7 rings (SSSR count). The van der Waals surface area contributed by atoms with Crippen molar-refractivity contribution < 1.29 is 0 Å². The Morgan fingerprint density at radius 1 is 0.582 bits per heavy atom. The van der Waals surface area contributed by atoms with E-state index in [2.05, 4.69) is 240 Å². The van der Waals surface area contributed by atoms with Crippen molar-refractivity contribution in [2.45, 2.75) is 40.0 Å². The summed E-state index contributed by atoms with van der Waals surface area (Å²) in [5.74, 6) is 0. The number of rotatable bonds is 12. The normalized spacial score (nSPS) is 13.8. The van der Waals surface area contributed by atoms with Gasteiger partial charge >= 0.3 is 0 Å². The molecule has 0 bridgehead atoms. The summed E-state index contributed by atoms with van der Waals surface area (Å²) < 4.78 is 0. The van der Waals surface area contributed by atoms with Gasteiger partial charge in [-0.15, -0.1) is 0 Å². The first kappa shape index (κ1) is 37.0. The Labute approximate surface area is 328 Å². The van der Waals surface area contributed by atoms with Gasteiger partial charge in [-0.2, -0.15) is 0 Å². The zero-order valence-corrected chi connectivity index (χ0v) is 32.7. The lowest BCUT2D eigenvalue weighted by atomic mass is 9.79. The SMILES string of the molecule is C=CC(=C)C(C)(C)C(=CC1=C(C)C(C)(C)c2cc(/C=C/c3ccc(N(c4ccccc4)c4ccccc4)cc3)ccc21)N(c1ccccc1)c1ccccc1. The zero-order valence-electron chi connectivity index (χ0n) is 32.7. The van der Waals surface area contributed by atoms with Crippen LogP contribution < -0.4 is 9.80 Å². The molecule has 6 aromatic rings. The van der Waals surface area contributed by atoms with E-state index in [0.29, 0.717) is 0 Å². The molecule has 6 aromatic carbocycles. The molecular formula is C53H50N2. The molecule has 0 aliphatic heterocycles. The Hall–Kier alpha value is -6.38. The van der Waals surface area contributed by atoms with Crippen LogP contribution in [0.15, 0.2) is 206 Å². The first-order chi connectivity index (χ1) is 26.6. The van der Waals surface area contributed by atoms with Crippen LogP contribution in [-0.4, -0.2) is 0 Å². The fourth-order valence-corrected chi connectivity index (χ4v) is 7.53. The lowest BCUT2D eigenvalue weighted by Crippen LogP contribution is -2.30. The van der Waals surface area contributed by atoms with E-state index in [1.165, 1.54) is 27.8 Å². The largest absolute Gasteiger partial charge is 0.313 e. The van der Waals surface area contributed by atoms with Crippen LogP contribution in [0.4, 0.5) is 28.4 Å². The highest BCUT2D eigenvalue weighted by Crippen LogP contribution is 2.50. The van der Waals surface area contributed by atoms with Gasteiger partial charge in [0.2, 0.25) is 0 Å². The predicted molar refractivity (Wildman–Crippen MR) is 238 cm³/mol. The summed E-state index contributed by atoms with van der Waals surface area (Å²) in [5.41, 5.74) is 14.6. The first-order valence-corrected chi connectivity index (χ1v) is 19.1. The Morgan fingerprint density at radius 3 is 1.51 bits per heavy atom. The smallest absolute Gasteiger partial charge is 0.0462 e. The van der Waals surface area contributed by atoms with E-state index in [1.54, 1.807) is 0 Å². The molecule has 0 fully saturated rings. The van der Waals surface area contributed by atoms with Crippen LogP contribution in [0, 0.1) is 5.41 Å². The summed E-state index contributed by atoms with van der Waals surface area (Å²) in [5, 5.41) is 0. The molecule has 1 aliphatic carbocycles. The lowest BCUT2D eigenvalue weighted by Gasteiger charge is -2.38. The second-order valence-electron chi connectivity index (χ2n) is 15.3. The maximum absolute atomic E-state index is 4.49. The van der Waals surface area contributed by atoms with Crippen LogP contribution in [0.3, 0.4) is 0 Å². The Balaban J connectivity index is 1.24. The molecular weight excluding hydrogens is 665 g/mol. The van der Waals surface area contributed by atoms with Gasteiger partial charge in [0.25, 0.3) is 0 Å². The topological polar surface area (TPSA) is 6.48 Å². The molecule has 0 spiro atoms. The zero-order chi connectivity index (χ0) is 38.6. The number of hydrogen-bond acceptors (Lipinski definition) is 2. The average molecular weight is 715 g/mol. The van der Waals surface area contributed by atoms with Gasteiger partial charge in [0.15, 0.2) is 0 Å². The second kappa shape index (κ2) is 15.5. The Kier molecular flexibility index (Phi) is 10.4. The van der Waals surface area contributed by atoms with Crippen molar-refractivity contribution in [3.63, 3.8) is 0 Å². The predicted octanol–water partition coefficient (Wildman–Crippen LogP) is 14.9. The molecule has 272 valence electrons. The van der Waals surface area contributed by atoms with Gasteiger partial charge in [-0.05, 0) is 107 Å². The van der Waals surface area contributed by atoms with Gasteiger partial charge in [-0.3, -0.25) is 0 Å². The number of hydrogen-bond donors (Lipinski definition) is 0. The van der Waals surface area contributed by atoms with Crippen LogP contribution in [0.5, 0.6) is 0 Å². The summed E-state index contributed by atoms with van der Waals surface area (Å²) in [4.78, 5) is 4.66. The van der Waals surface area contributed by atoms with E-state index in [1.807, 2.05) is 6.08 Å². The minimum Gasteiger partial charge on any atom is -0.313 e. The molecule has 0 amide bonds. The Bertz CT molecular complexity index is 2300. The summed E-state index contributed by atoms with van der Waals surface area (Å²) in [6.07, 6.45) is 8.74. The third kappa shape index (κ3) is 7.41. The monoisotopic (exact) mass is 714 g/mol. The molecule has 0 aromatic heterocycles. The van der Waals surface area contributed by atoms with E-state index in [-0.39, 0.29) is 5.41 Å². The fraction of sp³-hybridized carbons (Fsp3) is 0.132. The summed E-state index contributed by atoms with van der Waals surface area (Å²) in [6, 6.07) is 58.0. The van der Waals surface area contributed by atoms with Gasteiger partial charge in [-0.1, -0.05) is 168 Å². The van der Waals surface area contributed by atoms with E-state index < -0.39 is 5.41 Å². The van der Waals surface area contributed by atoms with Crippen molar-refractivity contribution in [3.05, 3.63) is 228 Å². The van der Waals surface area contributed by atoms with Crippen molar-refractivity contribution in [2.24, 2.45) is 5.41 Å². The van der Waals surface area contributed by atoms with Crippen molar-refractivity contribution in [1.82, 2.24) is 0 Å². The summed E-state index contributed by atoms with van der Waals surface area (Å²) in [6.45, 7) is 20.1. The molecule has 2 heteroatoms. The second-order valence-corrected chi connectivity index (χ2v) is 15.3. The minimum absolute atomic E-state index is 0.153. The third-order valence-corrected chi connectivity index (χ3v) is 11.2. The van der Waals surface area contributed by atoms with E-state index >= 15 is 0 Å². The van der Waals surface area contributed by atoms with Crippen molar-refractivity contribution >= 4 is 46.2 Å².